The molecule has 0 spiro atoms. The average Bonchev–Trinajstić information content (AvgIpc) is 2.96. The van der Waals surface area contributed by atoms with Crippen LogP contribution in [0.15, 0.2) is 48.8 Å². The van der Waals surface area contributed by atoms with E-state index in [0.717, 1.165) is 35.7 Å². The van der Waals surface area contributed by atoms with E-state index in [2.05, 4.69) is 52.1 Å². The largest absolute Gasteiger partial charge is 0.340 e. The van der Waals surface area contributed by atoms with E-state index in [1.54, 1.807) is 6.20 Å². The summed E-state index contributed by atoms with van der Waals surface area (Å²) in [4.78, 5) is 9.15. The van der Waals surface area contributed by atoms with E-state index in [9.17, 15) is 0 Å². The van der Waals surface area contributed by atoms with Crippen LogP contribution < -0.4 is 5.32 Å². The van der Waals surface area contributed by atoms with Gasteiger partial charge in [0.1, 0.15) is 17.3 Å². The summed E-state index contributed by atoms with van der Waals surface area (Å²) in [5, 5.41) is 3.58. The minimum atomic E-state index is 0.996. The molecule has 3 heterocycles. The van der Waals surface area contributed by atoms with E-state index in [1.165, 1.54) is 24.2 Å². The zero-order valence-corrected chi connectivity index (χ0v) is 13.3. The second-order valence-electron chi connectivity index (χ2n) is 6.07. The van der Waals surface area contributed by atoms with E-state index in [-0.39, 0.29) is 0 Å². The highest BCUT2D eigenvalue weighted by atomic mass is 15.2. The Balaban J connectivity index is 1.79. The van der Waals surface area contributed by atoms with Gasteiger partial charge < -0.3 is 9.88 Å². The summed E-state index contributed by atoms with van der Waals surface area (Å²) in [7, 11) is 0. The van der Waals surface area contributed by atoms with Gasteiger partial charge in [-0.05, 0) is 44.0 Å². The first-order valence-corrected chi connectivity index (χ1v) is 8.15. The number of hydrogen-bond donors (Lipinski definition) is 1. The minimum absolute atomic E-state index is 0.996. The number of aryl methyl sites for hydroxylation is 2. The number of benzene rings is 1. The van der Waals surface area contributed by atoms with Crippen molar-refractivity contribution < 1.29 is 0 Å². The number of pyridine rings is 1. The molecular weight excluding hydrogens is 284 g/mol. The molecule has 0 amide bonds. The van der Waals surface area contributed by atoms with Gasteiger partial charge in [0.2, 0.25) is 0 Å². The molecule has 0 saturated heterocycles. The molecule has 116 valence electrons. The number of aromatic nitrogens is 3. The third-order valence-corrected chi connectivity index (χ3v) is 4.33. The van der Waals surface area contributed by atoms with Crippen molar-refractivity contribution in [1.29, 1.82) is 0 Å². The summed E-state index contributed by atoms with van der Waals surface area (Å²) in [5.74, 6) is 2.25. The highest BCUT2D eigenvalue weighted by Gasteiger charge is 2.21. The number of nitrogens with zero attached hydrogens (tertiary/aromatic N) is 3. The first kappa shape index (κ1) is 14.0. The number of nitrogens with one attached hydrogen (secondary N) is 1. The summed E-state index contributed by atoms with van der Waals surface area (Å²) in [6, 6.07) is 12.5. The van der Waals surface area contributed by atoms with Gasteiger partial charge >= 0.3 is 0 Å². The second kappa shape index (κ2) is 5.88. The fourth-order valence-corrected chi connectivity index (χ4v) is 3.09. The number of anilines is 2. The van der Waals surface area contributed by atoms with Gasteiger partial charge in [-0.3, -0.25) is 4.98 Å². The first-order chi connectivity index (χ1) is 11.3. The lowest BCUT2D eigenvalue weighted by Gasteiger charge is -2.17. The van der Waals surface area contributed by atoms with Crippen molar-refractivity contribution in [2.45, 2.75) is 32.7 Å². The molecule has 0 fully saturated rings. The highest BCUT2D eigenvalue weighted by molar-refractivity contribution is 5.76. The van der Waals surface area contributed by atoms with E-state index in [4.69, 9.17) is 4.98 Å². The van der Waals surface area contributed by atoms with Crippen molar-refractivity contribution in [2.75, 3.05) is 5.32 Å². The molecule has 23 heavy (non-hydrogen) atoms. The number of imidazole rings is 1. The summed E-state index contributed by atoms with van der Waals surface area (Å²) in [5.41, 5.74) is 4.41. The van der Waals surface area contributed by atoms with Crippen LogP contribution in [0.4, 0.5) is 11.5 Å². The number of fused-ring (bicyclic) bond motifs is 1. The van der Waals surface area contributed by atoms with Crippen molar-refractivity contribution in [3.05, 3.63) is 60.2 Å². The second-order valence-corrected chi connectivity index (χ2v) is 6.07. The molecule has 1 aromatic carbocycles. The van der Waals surface area contributed by atoms with Gasteiger partial charge in [-0.2, -0.15) is 0 Å². The highest BCUT2D eigenvalue weighted by Crippen LogP contribution is 2.33. The molecule has 0 atom stereocenters. The lowest BCUT2D eigenvalue weighted by Crippen LogP contribution is -2.12. The zero-order valence-electron chi connectivity index (χ0n) is 13.3. The van der Waals surface area contributed by atoms with Crippen molar-refractivity contribution in [1.82, 2.24) is 14.5 Å². The molecule has 0 unspecified atom stereocenters. The van der Waals surface area contributed by atoms with Crippen LogP contribution in [0.2, 0.25) is 0 Å². The number of rotatable bonds is 3. The lowest BCUT2D eigenvalue weighted by molar-refractivity contribution is 0.526. The number of hydrogen-bond acceptors (Lipinski definition) is 3. The maximum atomic E-state index is 4.90. The van der Waals surface area contributed by atoms with Gasteiger partial charge in [0, 0.05) is 36.6 Å². The van der Waals surface area contributed by atoms with Gasteiger partial charge in [0.05, 0.1) is 0 Å². The third-order valence-electron chi connectivity index (χ3n) is 4.33. The molecule has 3 aromatic rings. The zero-order chi connectivity index (χ0) is 15.6. The van der Waals surface area contributed by atoms with E-state index >= 15 is 0 Å². The molecule has 1 aliphatic heterocycles. The van der Waals surface area contributed by atoms with Crippen molar-refractivity contribution in [2.24, 2.45) is 0 Å². The molecule has 4 nitrogen and oxygen atoms in total. The molecule has 4 rings (SSSR count). The Hall–Kier alpha value is -2.62. The van der Waals surface area contributed by atoms with Crippen LogP contribution in [0, 0.1) is 6.92 Å². The Morgan fingerprint density at radius 3 is 2.74 bits per heavy atom. The first-order valence-electron chi connectivity index (χ1n) is 8.15. The van der Waals surface area contributed by atoms with Gasteiger partial charge in [0.15, 0.2) is 0 Å². The third kappa shape index (κ3) is 2.72. The molecule has 1 aliphatic rings. The van der Waals surface area contributed by atoms with Crippen LogP contribution in [0.25, 0.3) is 11.3 Å². The molecular formula is C19H20N4. The van der Waals surface area contributed by atoms with E-state index in [0.29, 0.717) is 0 Å². The lowest BCUT2D eigenvalue weighted by atomic mass is 10.1. The Kier molecular flexibility index (Phi) is 3.58. The molecule has 4 heteroatoms. The van der Waals surface area contributed by atoms with Crippen LogP contribution in [-0.2, 0) is 13.0 Å². The fraction of sp³-hybridized carbons (Fsp3) is 0.263. The maximum Gasteiger partial charge on any atom is 0.138 e. The van der Waals surface area contributed by atoms with Crippen LogP contribution in [0.5, 0.6) is 0 Å². The van der Waals surface area contributed by atoms with Gasteiger partial charge in [0.25, 0.3) is 0 Å². The maximum absolute atomic E-state index is 4.90. The smallest absolute Gasteiger partial charge is 0.138 e. The summed E-state index contributed by atoms with van der Waals surface area (Å²) >= 11 is 0. The topological polar surface area (TPSA) is 42.7 Å². The SMILES string of the molecule is Cc1ccc(Nc2c(-c3cccnc3)nc3n2CCCC3)cc1. The minimum Gasteiger partial charge on any atom is -0.340 e. The monoisotopic (exact) mass is 304 g/mol. The van der Waals surface area contributed by atoms with Crippen molar-refractivity contribution >= 4 is 11.5 Å². The predicted molar refractivity (Wildman–Crippen MR) is 92.9 cm³/mol. The molecule has 0 saturated carbocycles. The van der Waals surface area contributed by atoms with Gasteiger partial charge in [-0.1, -0.05) is 17.7 Å². The van der Waals surface area contributed by atoms with Crippen molar-refractivity contribution in [3.63, 3.8) is 0 Å². The Morgan fingerprint density at radius 2 is 1.96 bits per heavy atom. The molecule has 2 aromatic heterocycles. The fourth-order valence-electron chi connectivity index (χ4n) is 3.09. The standard InChI is InChI=1S/C19H20N4/c1-14-7-9-16(10-8-14)21-19-18(15-5-4-11-20-13-15)22-17-6-2-3-12-23(17)19/h4-5,7-11,13,21H,2-3,6,12H2,1H3. The van der Waals surface area contributed by atoms with Gasteiger partial charge in [-0.15, -0.1) is 0 Å². The van der Waals surface area contributed by atoms with E-state index < -0.39 is 0 Å². The summed E-state index contributed by atoms with van der Waals surface area (Å²) < 4.78 is 2.33. The summed E-state index contributed by atoms with van der Waals surface area (Å²) in [6.45, 7) is 3.13. The van der Waals surface area contributed by atoms with Crippen LogP contribution >= 0.6 is 0 Å². The van der Waals surface area contributed by atoms with Gasteiger partial charge in [-0.25, -0.2) is 4.98 Å². The molecule has 1 N–H and O–H groups in total. The quantitative estimate of drug-likeness (QED) is 0.783. The van der Waals surface area contributed by atoms with Crippen molar-refractivity contribution in [3.8, 4) is 11.3 Å². The summed E-state index contributed by atoms with van der Waals surface area (Å²) in [6.07, 6.45) is 7.15. The predicted octanol–water partition coefficient (Wildman–Crippen LogP) is 4.33. The Bertz CT molecular complexity index is 803. The van der Waals surface area contributed by atoms with Crippen LogP contribution in [-0.4, -0.2) is 14.5 Å². The van der Waals surface area contributed by atoms with E-state index in [1.807, 2.05) is 12.3 Å². The molecule has 0 aliphatic carbocycles. The Morgan fingerprint density at radius 1 is 1.09 bits per heavy atom. The Labute approximate surface area is 136 Å². The van der Waals surface area contributed by atoms with Crippen LogP contribution in [0.3, 0.4) is 0 Å². The van der Waals surface area contributed by atoms with Crippen LogP contribution in [0.1, 0.15) is 24.2 Å². The normalized spacial score (nSPS) is 13.6. The average molecular weight is 304 g/mol. The molecule has 0 radical (unpaired) electrons. The molecule has 0 bridgehead atoms.